The molecule has 7 nitrogen and oxygen atoms in total. The molecular weight excluding hydrogens is 377 g/mol. The molecule has 1 aliphatic rings. The summed E-state index contributed by atoms with van der Waals surface area (Å²) in [4.78, 5) is 10.0. The van der Waals surface area contributed by atoms with Crippen LogP contribution in [0.4, 0.5) is 24.5 Å². The van der Waals surface area contributed by atoms with E-state index in [0.29, 0.717) is 12.0 Å². The van der Waals surface area contributed by atoms with Gasteiger partial charge in [-0.15, -0.1) is 13.2 Å². The summed E-state index contributed by atoms with van der Waals surface area (Å²) >= 11 is 0. The van der Waals surface area contributed by atoms with Gasteiger partial charge < -0.3 is 4.74 Å². The smallest absolute Gasteiger partial charge is 0.406 e. The van der Waals surface area contributed by atoms with E-state index in [2.05, 4.69) is 4.74 Å². The van der Waals surface area contributed by atoms with E-state index in [1.807, 2.05) is 0 Å². The lowest BCUT2D eigenvalue weighted by Gasteiger charge is -2.19. The van der Waals surface area contributed by atoms with Crippen molar-refractivity contribution < 1.29 is 31.2 Å². The first-order chi connectivity index (χ1) is 12.1. The maximum absolute atomic E-state index is 12.8. The molecule has 2 aromatic carbocycles. The molecular formula is C15H11F3N2O5S. The van der Waals surface area contributed by atoms with Gasteiger partial charge in [-0.05, 0) is 36.2 Å². The fourth-order valence-corrected chi connectivity index (χ4v) is 4.14. The monoisotopic (exact) mass is 388 g/mol. The molecule has 0 unspecified atom stereocenters. The minimum absolute atomic E-state index is 0.0830. The Morgan fingerprint density at radius 3 is 2.35 bits per heavy atom. The van der Waals surface area contributed by atoms with E-state index < -0.39 is 27.1 Å². The Bertz CT molecular complexity index is 958. The third-order valence-electron chi connectivity index (χ3n) is 3.78. The third kappa shape index (κ3) is 3.43. The summed E-state index contributed by atoms with van der Waals surface area (Å²) in [5.41, 5.74) is 0.575. The zero-order chi connectivity index (χ0) is 19.1. The Hall–Kier alpha value is -2.82. The largest absolute Gasteiger partial charge is 0.573 e. The first-order valence-corrected chi connectivity index (χ1v) is 8.68. The van der Waals surface area contributed by atoms with E-state index >= 15 is 0 Å². The highest BCUT2D eigenvalue weighted by atomic mass is 32.2. The highest BCUT2D eigenvalue weighted by Crippen LogP contribution is 2.36. The molecule has 2 aromatic rings. The van der Waals surface area contributed by atoms with Crippen LogP contribution < -0.4 is 9.04 Å². The molecule has 26 heavy (non-hydrogen) atoms. The van der Waals surface area contributed by atoms with Crippen molar-refractivity contribution in [1.29, 1.82) is 0 Å². The van der Waals surface area contributed by atoms with E-state index in [9.17, 15) is 31.7 Å². The normalized spacial score (nSPS) is 14.2. The van der Waals surface area contributed by atoms with E-state index in [-0.39, 0.29) is 22.8 Å². The summed E-state index contributed by atoms with van der Waals surface area (Å²) in [6.07, 6.45) is -4.50. The Labute approximate surface area is 145 Å². The van der Waals surface area contributed by atoms with Gasteiger partial charge in [-0.25, -0.2) is 8.42 Å². The van der Waals surface area contributed by atoms with Crippen LogP contribution in [0.25, 0.3) is 0 Å². The highest BCUT2D eigenvalue weighted by molar-refractivity contribution is 7.92. The van der Waals surface area contributed by atoms with E-state index in [4.69, 9.17) is 0 Å². The molecule has 0 radical (unpaired) electrons. The number of benzene rings is 2. The first-order valence-electron chi connectivity index (χ1n) is 7.24. The molecule has 0 fully saturated rings. The van der Waals surface area contributed by atoms with Crippen LogP contribution in [-0.4, -0.2) is 26.2 Å². The van der Waals surface area contributed by atoms with Crippen molar-refractivity contribution in [1.82, 2.24) is 0 Å². The molecule has 0 aromatic heterocycles. The zero-order valence-corrected chi connectivity index (χ0v) is 13.7. The lowest BCUT2D eigenvalue weighted by Crippen LogP contribution is -2.29. The van der Waals surface area contributed by atoms with Crippen molar-refractivity contribution in [3.63, 3.8) is 0 Å². The molecule has 1 heterocycles. The van der Waals surface area contributed by atoms with Crippen LogP contribution >= 0.6 is 0 Å². The topological polar surface area (TPSA) is 89.8 Å². The molecule has 0 aliphatic carbocycles. The predicted molar refractivity (Wildman–Crippen MR) is 84.5 cm³/mol. The van der Waals surface area contributed by atoms with Crippen LogP contribution in [-0.2, 0) is 16.4 Å². The minimum atomic E-state index is -4.88. The zero-order valence-electron chi connectivity index (χ0n) is 12.9. The summed E-state index contributed by atoms with van der Waals surface area (Å²) < 4.78 is 66.8. The summed E-state index contributed by atoms with van der Waals surface area (Å²) in [7, 11) is -4.08. The van der Waals surface area contributed by atoms with Crippen LogP contribution in [0, 0.1) is 10.1 Å². The van der Waals surface area contributed by atoms with Crippen LogP contribution in [0.15, 0.2) is 47.4 Å². The number of anilines is 1. The van der Waals surface area contributed by atoms with Crippen molar-refractivity contribution in [3.8, 4) is 5.75 Å². The highest BCUT2D eigenvalue weighted by Gasteiger charge is 2.33. The number of nitrogens with zero attached hydrogens (tertiary/aromatic N) is 2. The van der Waals surface area contributed by atoms with E-state index in [1.54, 1.807) is 0 Å². The number of sulfonamides is 1. The van der Waals surface area contributed by atoms with E-state index in [0.717, 1.165) is 28.6 Å². The average molecular weight is 388 g/mol. The fourth-order valence-electron chi connectivity index (χ4n) is 2.64. The average Bonchev–Trinajstić information content (AvgIpc) is 2.97. The second-order valence-corrected chi connectivity index (χ2v) is 7.28. The predicted octanol–water partition coefficient (Wildman–Crippen LogP) is 3.24. The van der Waals surface area contributed by atoms with Crippen molar-refractivity contribution in [2.24, 2.45) is 0 Å². The maximum atomic E-state index is 12.8. The number of rotatable bonds is 4. The number of hydrogen-bond acceptors (Lipinski definition) is 5. The van der Waals surface area contributed by atoms with Gasteiger partial charge in [0.15, 0.2) is 0 Å². The SMILES string of the molecule is O=[N+]([O-])c1ccc2c(c1)N(S(=O)(=O)c1ccc(OC(F)(F)F)cc1)CC2. The molecule has 3 rings (SSSR count). The first kappa shape index (κ1) is 18.0. The molecule has 0 spiro atoms. The van der Waals surface area contributed by atoms with Crippen molar-refractivity contribution in [3.05, 3.63) is 58.1 Å². The van der Waals surface area contributed by atoms with Gasteiger partial charge in [0, 0.05) is 18.7 Å². The molecule has 0 bridgehead atoms. The molecule has 1 aliphatic heterocycles. The third-order valence-corrected chi connectivity index (χ3v) is 5.61. The van der Waals surface area contributed by atoms with Crippen molar-refractivity contribution >= 4 is 21.4 Å². The molecule has 11 heteroatoms. The molecule has 0 N–H and O–H groups in total. The number of hydrogen-bond donors (Lipinski definition) is 0. The summed E-state index contributed by atoms with van der Waals surface area (Å²) in [5, 5.41) is 10.9. The van der Waals surface area contributed by atoms with Gasteiger partial charge >= 0.3 is 6.36 Å². The molecule has 0 amide bonds. The van der Waals surface area contributed by atoms with Crippen LogP contribution in [0.5, 0.6) is 5.75 Å². The maximum Gasteiger partial charge on any atom is 0.573 e. The Morgan fingerprint density at radius 2 is 1.77 bits per heavy atom. The quantitative estimate of drug-likeness (QED) is 0.593. The fraction of sp³-hybridized carbons (Fsp3) is 0.200. The Kier molecular flexibility index (Phi) is 4.26. The molecule has 0 saturated carbocycles. The lowest BCUT2D eigenvalue weighted by molar-refractivity contribution is -0.384. The number of non-ortho nitro benzene ring substituents is 1. The number of ether oxygens (including phenoxy) is 1. The summed E-state index contributed by atoms with van der Waals surface area (Å²) in [5.74, 6) is -0.547. The second kappa shape index (κ2) is 6.16. The molecule has 0 atom stereocenters. The van der Waals surface area contributed by atoms with Gasteiger partial charge in [0.25, 0.3) is 15.7 Å². The van der Waals surface area contributed by atoms with E-state index in [1.165, 1.54) is 18.2 Å². The number of nitro benzene ring substituents is 1. The van der Waals surface area contributed by atoms with Gasteiger partial charge in [0.2, 0.25) is 0 Å². The standard InChI is InChI=1S/C15H11F3N2O5S/c16-15(17,18)25-12-3-5-13(6-4-12)26(23,24)19-8-7-10-1-2-11(20(21)22)9-14(10)19/h1-6,9H,7-8H2. The number of fused-ring (bicyclic) bond motifs is 1. The van der Waals surface area contributed by atoms with Crippen LogP contribution in [0.1, 0.15) is 5.56 Å². The van der Waals surface area contributed by atoms with Gasteiger partial charge in [0.1, 0.15) is 5.75 Å². The van der Waals surface area contributed by atoms with Gasteiger partial charge in [-0.3, -0.25) is 14.4 Å². The second-order valence-electron chi connectivity index (χ2n) is 5.42. The Morgan fingerprint density at radius 1 is 1.12 bits per heavy atom. The molecule has 0 saturated heterocycles. The van der Waals surface area contributed by atoms with Gasteiger partial charge in [-0.2, -0.15) is 0 Å². The number of halogens is 3. The minimum Gasteiger partial charge on any atom is -0.406 e. The van der Waals surface area contributed by atoms with Crippen molar-refractivity contribution in [2.45, 2.75) is 17.7 Å². The number of nitro groups is 1. The van der Waals surface area contributed by atoms with Crippen LogP contribution in [0.3, 0.4) is 0 Å². The summed E-state index contributed by atoms with van der Waals surface area (Å²) in [6, 6.07) is 7.72. The molecule has 138 valence electrons. The van der Waals surface area contributed by atoms with Gasteiger partial charge in [0.05, 0.1) is 15.5 Å². The van der Waals surface area contributed by atoms with Crippen LogP contribution in [0.2, 0.25) is 0 Å². The summed E-state index contributed by atoms with van der Waals surface area (Å²) in [6.45, 7) is 0.0830. The number of alkyl halides is 3. The van der Waals surface area contributed by atoms with Gasteiger partial charge in [-0.1, -0.05) is 6.07 Å². The van der Waals surface area contributed by atoms with Crippen molar-refractivity contribution in [2.75, 3.05) is 10.8 Å². The lowest BCUT2D eigenvalue weighted by atomic mass is 10.1. The Balaban J connectivity index is 1.93.